The second kappa shape index (κ2) is 6.11. The summed E-state index contributed by atoms with van der Waals surface area (Å²) in [5.41, 5.74) is 1.31. The highest BCUT2D eigenvalue weighted by atomic mass is 16.2. The molecule has 0 aliphatic carbocycles. The number of Topliss-reactive ketones (excluding diaryl/α,β-unsaturated/α-hetero) is 1. The average molecular weight is 415 g/mol. The Kier molecular flexibility index (Phi) is 3.63. The van der Waals surface area contributed by atoms with E-state index in [2.05, 4.69) is 10.2 Å². The molecule has 4 heterocycles. The zero-order valence-corrected chi connectivity index (χ0v) is 17.0. The lowest BCUT2D eigenvalue weighted by molar-refractivity contribution is -0.135. The predicted molar refractivity (Wildman–Crippen MR) is 112 cm³/mol. The number of fused-ring (bicyclic) bond motifs is 7. The van der Waals surface area contributed by atoms with Gasteiger partial charge in [-0.05, 0) is 56.6 Å². The second-order valence-corrected chi connectivity index (χ2v) is 8.79. The monoisotopic (exact) mass is 415 g/mol. The number of carbonyl (C=O) groups is 4. The number of anilines is 2. The maximum absolute atomic E-state index is 13.8. The molecule has 31 heavy (non-hydrogen) atoms. The van der Waals surface area contributed by atoms with Crippen molar-refractivity contribution in [1.29, 1.82) is 0 Å². The Morgan fingerprint density at radius 3 is 2.52 bits per heavy atom. The summed E-state index contributed by atoms with van der Waals surface area (Å²) in [7, 11) is 0. The molecule has 0 radical (unpaired) electrons. The number of hydrogen-bond donors (Lipinski definition) is 1. The van der Waals surface area contributed by atoms with Gasteiger partial charge in [0.05, 0.1) is 17.5 Å². The fraction of sp³-hybridized carbons (Fsp3) is 0.333. The Hall–Kier alpha value is -3.32. The van der Waals surface area contributed by atoms with Crippen molar-refractivity contribution in [3.8, 4) is 0 Å². The van der Waals surface area contributed by atoms with Crippen molar-refractivity contribution >= 4 is 34.9 Å². The Labute approximate surface area is 179 Å². The summed E-state index contributed by atoms with van der Waals surface area (Å²) in [4.78, 5) is 55.8. The first kappa shape index (κ1) is 18.4. The van der Waals surface area contributed by atoms with Gasteiger partial charge in [0.15, 0.2) is 5.78 Å². The highest BCUT2D eigenvalue weighted by Crippen LogP contribution is 2.60. The van der Waals surface area contributed by atoms with E-state index in [9.17, 15) is 19.2 Å². The molecule has 4 unspecified atom stereocenters. The van der Waals surface area contributed by atoms with E-state index in [4.69, 9.17) is 0 Å². The van der Waals surface area contributed by atoms with E-state index in [0.717, 1.165) is 18.4 Å². The van der Waals surface area contributed by atoms with E-state index in [0.29, 0.717) is 23.5 Å². The normalized spacial score (nSPS) is 31.2. The molecule has 2 aromatic rings. The summed E-state index contributed by atoms with van der Waals surface area (Å²) in [6, 6.07) is 13.9. The van der Waals surface area contributed by atoms with Crippen molar-refractivity contribution in [1.82, 2.24) is 4.90 Å². The molecule has 3 fully saturated rings. The molecular formula is C24H21N3O4. The van der Waals surface area contributed by atoms with Gasteiger partial charge in [-0.2, -0.15) is 0 Å². The van der Waals surface area contributed by atoms with Crippen molar-refractivity contribution in [2.24, 2.45) is 11.8 Å². The lowest BCUT2D eigenvalue weighted by Crippen LogP contribution is -2.54. The predicted octanol–water partition coefficient (Wildman–Crippen LogP) is 2.32. The van der Waals surface area contributed by atoms with Gasteiger partial charge in [-0.1, -0.05) is 18.2 Å². The zero-order valence-electron chi connectivity index (χ0n) is 17.0. The molecule has 4 atom stereocenters. The molecule has 4 aliphatic heterocycles. The molecule has 0 saturated carbocycles. The number of rotatable bonds is 2. The minimum atomic E-state index is -1.15. The van der Waals surface area contributed by atoms with Crippen molar-refractivity contribution in [2.45, 2.75) is 31.3 Å². The maximum atomic E-state index is 13.8. The van der Waals surface area contributed by atoms with E-state index < -0.39 is 17.4 Å². The first-order valence-electron chi connectivity index (χ1n) is 10.6. The quantitative estimate of drug-likeness (QED) is 0.601. The molecule has 1 N–H and O–H groups in total. The van der Waals surface area contributed by atoms with Crippen LogP contribution in [0.5, 0.6) is 0 Å². The van der Waals surface area contributed by atoms with Gasteiger partial charge in [-0.25, -0.2) is 4.90 Å². The minimum Gasteiger partial charge on any atom is -0.324 e. The van der Waals surface area contributed by atoms with Crippen LogP contribution in [0.2, 0.25) is 0 Å². The van der Waals surface area contributed by atoms with Crippen LogP contribution in [0.3, 0.4) is 0 Å². The van der Waals surface area contributed by atoms with E-state index in [1.54, 1.807) is 24.3 Å². The second-order valence-electron chi connectivity index (χ2n) is 8.79. The number of benzene rings is 2. The summed E-state index contributed by atoms with van der Waals surface area (Å²) in [6.45, 7) is 2.16. The van der Waals surface area contributed by atoms with Gasteiger partial charge in [-0.3, -0.25) is 24.1 Å². The van der Waals surface area contributed by atoms with E-state index in [1.807, 2.05) is 24.3 Å². The van der Waals surface area contributed by atoms with Gasteiger partial charge in [0.1, 0.15) is 5.54 Å². The molecule has 7 heteroatoms. The average Bonchev–Trinajstić information content (AvgIpc) is 3.46. The number of amides is 3. The third kappa shape index (κ3) is 2.11. The van der Waals surface area contributed by atoms with Crippen molar-refractivity contribution in [3.63, 3.8) is 0 Å². The minimum absolute atomic E-state index is 0.0812. The highest BCUT2D eigenvalue weighted by Gasteiger charge is 2.74. The van der Waals surface area contributed by atoms with Gasteiger partial charge < -0.3 is 5.32 Å². The molecule has 0 bridgehead atoms. The molecule has 3 saturated heterocycles. The Morgan fingerprint density at radius 1 is 1.03 bits per heavy atom. The lowest BCUT2D eigenvalue weighted by atomic mass is 9.75. The molecule has 4 aliphatic rings. The molecular weight excluding hydrogens is 394 g/mol. The Morgan fingerprint density at radius 2 is 1.77 bits per heavy atom. The maximum Gasteiger partial charge on any atom is 0.250 e. The van der Waals surface area contributed by atoms with Crippen molar-refractivity contribution < 1.29 is 19.2 Å². The Balaban J connectivity index is 1.50. The van der Waals surface area contributed by atoms with Gasteiger partial charge >= 0.3 is 0 Å². The fourth-order valence-electron chi connectivity index (χ4n) is 6.26. The van der Waals surface area contributed by atoms with Crippen LogP contribution in [-0.4, -0.2) is 41.0 Å². The fourth-order valence-corrected chi connectivity index (χ4v) is 6.26. The number of para-hydroxylation sites is 1. The van der Waals surface area contributed by atoms with Crippen LogP contribution in [0.1, 0.15) is 35.7 Å². The van der Waals surface area contributed by atoms with Gasteiger partial charge in [0.2, 0.25) is 17.7 Å². The number of nitrogens with one attached hydrogen (secondary N) is 1. The van der Waals surface area contributed by atoms with Crippen LogP contribution in [0.15, 0.2) is 48.5 Å². The molecule has 2 aromatic carbocycles. The van der Waals surface area contributed by atoms with Gasteiger partial charge in [0, 0.05) is 22.9 Å². The van der Waals surface area contributed by atoms with Crippen molar-refractivity contribution in [3.05, 3.63) is 59.7 Å². The zero-order chi connectivity index (χ0) is 21.5. The standard InChI is InChI=1S/C24H21N3O4/c1-13(28)14-8-10-15(11-9-14)27-21(29)19-18-7-4-12-26(18)24(20(19)22(27)30)16-5-2-3-6-17(16)25-23(24)31/h2-3,5-6,8-11,18-20H,4,7,12H2,1H3,(H,25,31). The van der Waals surface area contributed by atoms with Crippen LogP contribution in [0.4, 0.5) is 11.4 Å². The van der Waals surface area contributed by atoms with Gasteiger partial charge in [-0.15, -0.1) is 0 Å². The van der Waals surface area contributed by atoms with Crippen LogP contribution >= 0.6 is 0 Å². The van der Waals surface area contributed by atoms with E-state index in [-0.39, 0.29) is 29.5 Å². The smallest absolute Gasteiger partial charge is 0.250 e. The highest BCUT2D eigenvalue weighted by molar-refractivity contribution is 6.25. The third-order valence-electron chi connectivity index (χ3n) is 7.43. The van der Waals surface area contributed by atoms with Crippen LogP contribution in [0.25, 0.3) is 0 Å². The number of nitrogens with zero attached hydrogens (tertiary/aromatic N) is 2. The lowest BCUT2D eigenvalue weighted by Gasteiger charge is -2.36. The molecule has 156 valence electrons. The SMILES string of the molecule is CC(=O)c1ccc(N2C(=O)C3C4CCCN4C4(C(=O)Nc5ccccc54)C3C2=O)cc1. The number of carbonyl (C=O) groups excluding carboxylic acids is 4. The summed E-state index contributed by atoms with van der Waals surface area (Å²) in [5, 5.41) is 2.97. The molecule has 7 nitrogen and oxygen atoms in total. The number of hydrogen-bond acceptors (Lipinski definition) is 5. The van der Waals surface area contributed by atoms with Crippen molar-refractivity contribution in [2.75, 3.05) is 16.8 Å². The molecule has 1 spiro atoms. The van der Waals surface area contributed by atoms with Crippen LogP contribution in [-0.2, 0) is 19.9 Å². The van der Waals surface area contributed by atoms with E-state index in [1.165, 1.54) is 11.8 Å². The summed E-state index contributed by atoms with van der Waals surface area (Å²) in [6.07, 6.45) is 1.67. The molecule has 3 amide bonds. The number of imide groups is 1. The van der Waals surface area contributed by atoms with Crippen LogP contribution < -0.4 is 10.2 Å². The summed E-state index contributed by atoms with van der Waals surface area (Å²) < 4.78 is 0. The largest absolute Gasteiger partial charge is 0.324 e. The summed E-state index contributed by atoms with van der Waals surface area (Å²) >= 11 is 0. The number of ketones is 1. The summed E-state index contributed by atoms with van der Waals surface area (Å²) in [5.74, 6) is -2.21. The topological polar surface area (TPSA) is 86.8 Å². The van der Waals surface area contributed by atoms with Gasteiger partial charge in [0.25, 0.3) is 0 Å². The Bertz CT molecular complexity index is 1170. The van der Waals surface area contributed by atoms with E-state index >= 15 is 0 Å². The first-order chi connectivity index (χ1) is 15.0. The first-order valence-corrected chi connectivity index (χ1v) is 10.6. The van der Waals surface area contributed by atoms with Crippen LogP contribution in [0, 0.1) is 11.8 Å². The molecule has 0 aromatic heterocycles. The molecule has 6 rings (SSSR count). The third-order valence-corrected chi connectivity index (χ3v) is 7.43.